The van der Waals surface area contributed by atoms with E-state index in [1.54, 1.807) is 29.2 Å². The first-order valence-corrected chi connectivity index (χ1v) is 12.1. The highest BCUT2D eigenvalue weighted by molar-refractivity contribution is 5.98. The number of nitrogen functional groups attached to an aromatic ring is 1. The minimum absolute atomic E-state index is 0.130. The summed E-state index contributed by atoms with van der Waals surface area (Å²) in [6, 6.07) is 21.3. The highest BCUT2D eigenvalue weighted by Crippen LogP contribution is 2.31. The zero-order valence-corrected chi connectivity index (χ0v) is 20.8. The van der Waals surface area contributed by atoms with Crippen molar-refractivity contribution in [3.05, 3.63) is 108 Å². The minimum atomic E-state index is -0.372. The molecule has 9 heteroatoms. The van der Waals surface area contributed by atoms with E-state index in [2.05, 4.69) is 49.0 Å². The molecule has 0 saturated carbocycles. The quantitative estimate of drug-likeness (QED) is 0.357. The predicted molar refractivity (Wildman–Crippen MR) is 146 cm³/mol. The first-order valence-electron chi connectivity index (χ1n) is 12.1. The maximum atomic E-state index is 13.4. The second-order valence-corrected chi connectivity index (χ2v) is 8.97. The van der Waals surface area contributed by atoms with E-state index in [1.807, 2.05) is 62.6 Å². The molecule has 0 unspecified atom stereocenters. The Labute approximate surface area is 218 Å². The van der Waals surface area contributed by atoms with Crippen LogP contribution in [0.25, 0.3) is 22.2 Å². The van der Waals surface area contributed by atoms with E-state index < -0.39 is 0 Å². The number of aryl methyl sites for hydroxylation is 1. The molecule has 0 aliphatic carbocycles. The van der Waals surface area contributed by atoms with Gasteiger partial charge in [0.2, 0.25) is 0 Å². The maximum Gasteiger partial charge on any atom is 0.274 e. The number of nitrogens with one attached hydrogen (secondary N) is 1. The van der Waals surface area contributed by atoms with Crippen LogP contribution in [-0.2, 0) is 7.05 Å². The van der Waals surface area contributed by atoms with Crippen molar-refractivity contribution in [2.24, 2.45) is 7.05 Å². The van der Waals surface area contributed by atoms with E-state index in [1.165, 1.54) is 4.52 Å². The SMILES string of the molecule is C[C@@H](NC(=O)c1c(N)nc2cccnn12)c1cc2cccc(C#Cc3cnn(C)c3)c2n1-c1ccccc1. The topological polar surface area (TPSA) is 108 Å². The molecule has 0 fully saturated rings. The molecule has 186 valence electrons. The van der Waals surface area contributed by atoms with Gasteiger partial charge in [0.1, 0.15) is 0 Å². The average Bonchev–Trinajstić information content (AvgIpc) is 3.62. The molecule has 1 atom stereocenters. The van der Waals surface area contributed by atoms with Crippen molar-refractivity contribution in [2.75, 3.05) is 5.73 Å². The Bertz CT molecular complexity index is 1870. The molecule has 4 heterocycles. The molecule has 4 aromatic heterocycles. The number of fused-ring (bicyclic) bond motifs is 2. The summed E-state index contributed by atoms with van der Waals surface area (Å²) in [6.45, 7) is 1.94. The lowest BCUT2D eigenvalue weighted by atomic mass is 10.1. The monoisotopic (exact) mass is 500 g/mol. The molecule has 38 heavy (non-hydrogen) atoms. The third-order valence-electron chi connectivity index (χ3n) is 6.34. The zero-order valence-electron chi connectivity index (χ0n) is 20.8. The third kappa shape index (κ3) is 4.04. The fourth-order valence-corrected chi connectivity index (χ4v) is 4.64. The number of nitrogens with two attached hydrogens (primary N) is 1. The van der Waals surface area contributed by atoms with Crippen molar-refractivity contribution in [3.63, 3.8) is 0 Å². The number of para-hydroxylation sites is 2. The van der Waals surface area contributed by atoms with Gasteiger partial charge in [-0.15, -0.1) is 0 Å². The van der Waals surface area contributed by atoms with Crippen LogP contribution in [0, 0.1) is 11.8 Å². The molecule has 9 nitrogen and oxygen atoms in total. The first kappa shape index (κ1) is 23.1. The lowest BCUT2D eigenvalue weighted by Gasteiger charge is -2.18. The summed E-state index contributed by atoms with van der Waals surface area (Å²) >= 11 is 0. The van der Waals surface area contributed by atoms with Gasteiger partial charge in [-0.25, -0.2) is 9.50 Å². The Balaban J connectivity index is 1.45. The number of carbonyl (C=O) groups is 1. The molecule has 0 aliphatic heterocycles. The smallest absolute Gasteiger partial charge is 0.274 e. The van der Waals surface area contributed by atoms with Crippen LogP contribution in [0.4, 0.5) is 5.82 Å². The summed E-state index contributed by atoms with van der Waals surface area (Å²) in [7, 11) is 1.87. The number of amides is 1. The molecule has 1 amide bonds. The molecule has 0 aliphatic rings. The van der Waals surface area contributed by atoms with E-state index in [-0.39, 0.29) is 23.5 Å². The predicted octanol–water partition coefficient (Wildman–Crippen LogP) is 3.88. The van der Waals surface area contributed by atoms with Gasteiger partial charge in [-0.2, -0.15) is 10.2 Å². The van der Waals surface area contributed by atoms with Gasteiger partial charge < -0.3 is 15.6 Å². The van der Waals surface area contributed by atoms with Gasteiger partial charge in [-0.05, 0) is 43.3 Å². The van der Waals surface area contributed by atoms with Gasteiger partial charge in [0, 0.05) is 41.8 Å². The Morgan fingerprint density at radius 1 is 1.03 bits per heavy atom. The van der Waals surface area contributed by atoms with Crippen LogP contribution >= 0.6 is 0 Å². The normalized spacial score (nSPS) is 11.8. The Morgan fingerprint density at radius 2 is 1.87 bits per heavy atom. The number of anilines is 1. The number of hydrogen-bond acceptors (Lipinski definition) is 5. The van der Waals surface area contributed by atoms with E-state index in [0.29, 0.717) is 5.65 Å². The van der Waals surface area contributed by atoms with Gasteiger partial charge in [0.25, 0.3) is 5.91 Å². The Kier molecular flexibility index (Phi) is 5.62. The summed E-state index contributed by atoms with van der Waals surface area (Å²) in [5, 5.41) is 12.6. The number of aromatic nitrogens is 6. The molecular weight excluding hydrogens is 476 g/mol. The van der Waals surface area contributed by atoms with Gasteiger partial charge >= 0.3 is 0 Å². The molecule has 0 radical (unpaired) electrons. The largest absolute Gasteiger partial charge is 0.382 e. The lowest BCUT2D eigenvalue weighted by Crippen LogP contribution is -2.29. The fourth-order valence-electron chi connectivity index (χ4n) is 4.64. The summed E-state index contributed by atoms with van der Waals surface area (Å²) in [5.41, 5.74) is 11.3. The van der Waals surface area contributed by atoms with E-state index in [9.17, 15) is 4.79 Å². The summed E-state index contributed by atoms with van der Waals surface area (Å²) < 4.78 is 5.33. The average molecular weight is 501 g/mol. The van der Waals surface area contributed by atoms with E-state index in [4.69, 9.17) is 5.73 Å². The van der Waals surface area contributed by atoms with Gasteiger partial charge in [-0.3, -0.25) is 9.48 Å². The van der Waals surface area contributed by atoms with Crippen LogP contribution in [0.1, 0.15) is 40.3 Å². The lowest BCUT2D eigenvalue weighted by molar-refractivity contribution is 0.0932. The maximum absolute atomic E-state index is 13.4. The fraction of sp³-hybridized carbons (Fsp3) is 0.103. The minimum Gasteiger partial charge on any atom is -0.382 e. The van der Waals surface area contributed by atoms with Gasteiger partial charge in [-0.1, -0.05) is 42.2 Å². The standard InChI is InChI=1S/C29H24N8O/c1-19(33-29(38)27-28(30)34-25-12-7-15-31-37(25)27)24-16-22-9-6-8-21(14-13-20-17-32-35(2)18-20)26(22)36(24)23-10-4-3-5-11-23/h3-12,15-19H,30H2,1-2H3,(H,33,38)/t19-/m1/s1. The molecule has 6 aromatic rings. The Morgan fingerprint density at radius 3 is 2.66 bits per heavy atom. The number of imidazole rings is 1. The molecule has 3 N–H and O–H groups in total. The summed E-state index contributed by atoms with van der Waals surface area (Å²) in [6.07, 6.45) is 5.22. The van der Waals surface area contributed by atoms with Crippen LogP contribution in [0.15, 0.2) is 85.3 Å². The van der Waals surface area contributed by atoms with Crippen molar-refractivity contribution in [1.29, 1.82) is 0 Å². The van der Waals surface area contributed by atoms with Crippen molar-refractivity contribution in [1.82, 2.24) is 34.3 Å². The highest BCUT2D eigenvalue weighted by atomic mass is 16.2. The van der Waals surface area contributed by atoms with Crippen molar-refractivity contribution in [3.8, 4) is 17.5 Å². The molecule has 0 spiro atoms. The van der Waals surface area contributed by atoms with E-state index >= 15 is 0 Å². The van der Waals surface area contributed by atoms with Crippen LogP contribution in [-0.4, -0.2) is 34.9 Å². The summed E-state index contributed by atoms with van der Waals surface area (Å²) in [4.78, 5) is 17.6. The highest BCUT2D eigenvalue weighted by Gasteiger charge is 2.23. The second kappa shape index (κ2) is 9.26. The Hall–Kier alpha value is -5.36. The van der Waals surface area contributed by atoms with Gasteiger partial charge in [0.05, 0.1) is 23.3 Å². The second-order valence-electron chi connectivity index (χ2n) is 8.97. The molecule has 6 rings (SSSR count). The van der Waals surface area contributed by atoms with Crippen molar-refractivity contribution < 1.29 is 4.79 Å². The van der Waals surface area contributed by atoms with Crippen LogP contribution < -0.4 is 11.1 Å². The first-order chi connectivity index (χ1) is 18.5. The van der Waals surface area contributed by atoms with Crippen molar-refractivity contribution in [2.45, 2.75) is 13.0 Å². The molecule has 0 saturated heterocycles. The van der Waals surface area contributed by atoms with Gasteiger partial charge in [0.15, 0.2) is 17.2 Å². The summed E-state index contributed by atoms with van der Waals surface area (Å²) in [5.74, 6) is 6.31. The molecule has 0 bridgehead atoms. The number of hydrogen-bond donors (Lipinski definition) is 2. The molecular formula is C29H24N8O. The number of rotatable bonds is 4. The van der Waals surface area contributed by atoms with Crippen molar-refractivity contribution >= 4 is 28.3 Å². The number of carbonyl (C=O) groups excluding carboxylic acids is 1. The van der Waals surface area contributed by atoms with Crippen LogP contribution in [0.5, 0.6) is 0 Å². The number of nitrogens with zero attached hydrogens (tertiary/aromatic N) is 6. The molecule has 2 aromatic carbocycles. The zero-order chi connectivity index (χ0) is 26.2. The third-order valence-corrected chi connectivity index (χ3v) is 6.34. The van der Waals surface area contributed by atoms with Crippen LogP contribution in [0.2, 0.25) is 0 Å². The van der Waals surface area contributed by atoms with Crippen LogP contribution in [0.3, 0.4) is 0 Å². The number of benzene rings is 2. The van der Waals surface area contributed by atoms with E-state index in [0.717, 1.165) is 33.4 Å².